The molecule has 2 rings (SSSR count). The third kappa shape index (κ3) is 4.52. The normalized spacial score (nSPS) is 20.6. The molecule has 106 valence electrons. The maximum atomic E-state index is 12.3. The van der Waals surface area contributed by atoms with Gasteiger partial charge < -0.3 is 5.32 Å². The lowest BCUT2D eigenvalue weighted by Gasteiger charge is -2.21. The summed E-state index contributed by atoms with van der Waals surface area (Å²) >= 11 is 0. The van der Waals surface area contributed by atoms with Crippen molar-refractivity contribution in [3.05, 3.63) is 0 Å². The molecule has 18 heavy (non-hydrogen) atoms. The topological polar surface area (TPSA) is 49.4 Å². The molecule has 0 aliphatic heterocycles. The van der Waals surface area contributed by atoms with Gasteiger partial charge >= 0.3 is 0 Å². The van der Waals surface area contributed by atoms with Crippen molar-refractivity contribution in [2.45, 2.75) is 51.5 Å². The first kappa shape index (κ1) is 14.3. The van der Waals surface area contributed by atoms with E-state index in [1.54, 1.807) is 0 Å². The predicted octanol–water partition coefficient (Wildman–Crippen LogP) is 1.58. The van der Waals surface area contributed by atoms with Gasteiger partial charge in [0.15, 0.2) is 0 Å². The van der Waals surface area contributed by atoms with Gasteiger partial charge in [-0.1, -0.05) is 6.92 Å². The lowest BCUT2D eigenvalue weighted by molar-refractivity contribution is 0.388. The average molecular weight is 274 g/mol. The van der Waals surface area contributed by atoms with Gasteiger partial charge in [-0.25, -0.2) is 8.42 Å². The Morgan fingerprint density at radius 2 is 1.89 bits per heavy atom. The number of sulfonamides is 1. The number of hydrogen-bond donors (Lipinski definition) is 1. The van der Waals surface area contributed by atoms with Crippen molar-refractivity contribution in [2.24, 2.45) is 5.92 Å². The summed E-state index contributed by atoms with van der Waals surface area (Å²) < 4.78 is 26.4. The number of unbranched alkanes of at least 4 members (excludes halogenated alkanes) is 1. The highest BCUT2D eigenvalue weighted by molar-refractivity contribution is 7.89. The Morgan fingerprint density at radius 1 is 1.17 bits per heavy atom. The van der Waals surface area contributed by atoms with Crippen LogP contribution in [-0.4, -0.2) is 44.2 Å². The summed E-state index contributed by atoms with van der Waals surface area (Å²) in [4.78, 5) is 0. The lowest BCUT2D eigenvalue weighted by Crippen LogP contribution is -2.36. The molecule has 0 saturated heterocycles. The molecule has 0 aromatic rings. The van der Waals surface area contributed by atoms with Gasteiger partial charge in [0, 0.05) is 12.6 Å². The van der Waals surface area contributed by atoms with Gasteiger partial charge in [-0.2, -0.15) is 4.31 Å². The number of nitrogens with zero attached hydrogens (tertiary/aromatic N) is 1. The van der Waals surface area contributed by atoms with Crippen LogP contribution < -0.4 is 5.32 Å². The molecule has 2 aliphatic carbocycles. The predicted molar refractivity (Wildman–Crippen MR) is 74.0 cm³/mol. The minimum atomic E-state index is -3.00. The van der Waals surface area contributed by atoms with Crippen LogP contribution in [0.2, 0.25) is 0 Å². The fraction of sp³-hybridized carbons (Fsp3) is 1.00. The number of nitrogens with one attached hydrogen (secondary N) is 1. The van der Waals surface area contributed by atoms with Gasteiger partial charge in [-0.15, -0.1) is 0 Å². The first-order valence-corrected chi connectivity index (χ1v) is 8.94. The molecule has 2 fully saturated rings. The molecule has 0 heterocycles. The smallest absolute Gasteiger partial charge is 0.214 e. The zero-order valence-electron chi connectivity index (χ0n) is 11.4. The first-order valence-electron chi connectivity index (χ1n) is 7.33. The Labute approximate surface area is 111 Å². The second kappa shape index (κ2) is 6.35. The average Bonchev–Trinajstić information content (AvgIpc) is 3.17. The van der Waals surface area contributed by atoms with E-state index in [9.17, 15) is 8.42 Å². The molecule has 5 heteroatoms. The fourth-order valence-electron chi connectivity index (χ4n) is 2.24. The molecule has 0 spiro atoms. The van der Waals surface area contributed by atoms with Crippen LogP contribution in [0.15, 0.2) is 0 Å². The molecule has 0 bridgehead atoms. The highest BCUT2D eigenvalue weighted by Gasteiger charge is 2.39. The zero-order valence-corrected chi connectivity index (χ0v) is 12.2. The van der Waals surface area contributed by atoms with Crippen LogP contribution in [0.1, 0.15) is 45.4 Å². The molecule has 1 N–H and O–H groups in total. The molecule has 0 aromatic heterocycles. The summed E-state index contributed by atoms with van der Waals surface area (Å²) in [6.07, 6.45) is 6.32. The maximum Gasteiger partial charge on any atom is 0.214 e. The molecule has 2 aliphatic rings. The van der Waals surface area contributed by atoms with Crippen LogP contribution in [0.25, 0.3) is 0 Å². The summed E-state index contributed by atoms with van der Waals surface area (Å²) in [5.41, 5.74) is 0. The number of hydrogen-bond acceptors (Lipinski definition) is 3. The second-order valence-electron chi connectivity index (χ2n) is 5.62. The minimum absolute atomic E-state index is 0.335. The van der Waals surface area contributed by atoms with Crippen molar-refractivity contribution in [1.82, 2.24) is 9.62 Å². The maximum absolute atomic E-state index is 12.3. The van der Waals surface area contributed by atoms with Crippen molar-refractivity contribution >= 4 is 10.0 Å². The van der Waals surface area contributed by atoms with E-state index in [1.165, 1.54) is 12.8 Å². The van der Waals surface area contributed by atoms with Gasteiger partial charge in [0.05, 0.1) is 5.75 Å². The van der Waals surface area contributed by atoms with E-state index in [0.717, 1.165) is 45.3 Å². The molecule has 0 amide bonds. The van der Waals surface area contributed by atoms with Crippen molar-refractivity contribution in [1.29, 1.82) is 0 Å². The molecule has 0 radical (unpaired) electrons. The minimum Gasteiger partial charge on any atom is -0.317 e. The molecule has 0 atom stereocenters. The Morgan fingerprint density at radius 3 is 2.44 bits per heavy atom. The van der Waals surface area contributed by atoms with Crippen LogP contribution in [0.4, 0.5) is 0 Å². The van der Waals surface area contributed by atoms with Crippen molar-refractivity contribution < 1.29 is 8.42 Å². The van der Waals surface area contributed by atoms with Crippen molar-refractivity contribution in [3.8, 4) is 0 Å². The van der Waals surface area contributed by atoms with Gasteiger partial charge in [-0.3, -0.25) is 0 Å². The third-order valence-electron chi connectivity index (χ3n) is 3.70. The van der Waals surface area contributed by atoms with Crippen LogP contribution in [0, 0.1) is 5.92 Å². The highest BCUT2D eigenvalue weighted by atomic mass is 32.2. The highest BCUT2D eigenvalue weighted by Crippen LogP contribution is 2.36. The molecular formula is C13H26N2O2S. The number of rotatable bonds is 10. The Bertz CT molecular complexity index is 348. The van der Waals surface area contributed by atoms with E-state index in [4.69, 9.17) is 0 Å². The summed E-state index contributed by atoms with van der Waals surface area (Å²) in [6, 6.07) is 0.337. The molecule has 0 unspecified atom stereocenters. The van der Waals surface area contributed by atoms with Gasteiger partial charge in [0.25, 0.3) is 0 Å². The SMILES string of the molecule is CCNCCCCS(=O)(=O)N(CC1CC1)C1CC1. The largest absolute Gasteiger partial charge is 0.317 e. The molecular weight excluding hydrogens is 248 g/mol. The second-order valence-corrected chi connectivity index (χ2v) is 7.66. The van der Waals surface area contributed by atoms with Gasteiger partial charge in [-0.05, 0) is 57.5 Å². The Kier molecular flexibility index (Phi) is 5.04. The van der Waals surface area contributed by atoms with Gasteiger partial charge in [0.1, 0.15) is 0 Å². The summed E-state index contributed by atoms with van der Waals surface area (Å²) in [7, 11) is -3.00. The fourth-order valence-corrected chi connectivity index (χ4v) is 4.14. The van der Waals surface area contributed by atoms with E-state index in [0.29, 0.717) is 17.7 Å². The molecule has 4 nitrogen and oxygen atoms in total. The van der Waals surface area contributed by atoms with Crippen molar-refractivity contribution in [2.75, 3.05) is 25.4 Å². The Balaban J connectivity index is 1.75. The lowest BCUT2D eigenvalue weighted by atomic mass is 10.3. The molecule has 0 aromatic carbocycles. The van der Waals surface area contributed by atoms with E-state index in [2.05, 4.69) is 12.2 Å². The first-order chi connectivity index (χ1) is 8.63. The van der Waals surface area contributed by atoms with E-state index in [-0.39, 0.29) is 0 Å². The van der Waals surface area contributed by atoms with E-state index >= 15 is 0 Å². The zero-order chi connectivity index (χ0) is 13.0. The summed E-state index contributed by atoms with van der Waals surface area (Å²) in [5, 5.41) is 3.23. The standard InChI is InChI=1S/C13H26N2O2S/c1-2-14-9-3-4-10-18(16,17)15(13-7-8-13)11-12-5-6-12/h12-14H,2-11H2,1H3. The van der Waals surface area contributed by atoms with E-state index in [1.807, 2.05) is 4.31 Å². The van der Waals surface area contributed by atoms with E-state index < -0.39 is 10.0 Å². The Hall–Kier alpha value is -0.130. The summed E-state index contributed by atoms with van der Waals surface area (Å²) in [5.74, 6) is 0.990. The quantitative estimate of drug-likeness (QED) is 0.615. The van der Waals surface area contributed by atoms with Crippen molar-refractivity contribution in [3.63, 3.8) is 0 Å². The molecule has 2 saturated carbocycles. The summed E-state index contributed by atoms with van der Waals surface area (Å²) in [6.45, 7) is 4.75. The van der Waals surface area contributed by atoms with Crippen LogP contribution in [-0.2, 0) is 10.0 Å². The van der Waals surface area contributed by atoms with Crippen LogP contribution in [0.3, 0.4) is 0 Å². The van der Waals surface area contributed by atoms with Gasteiger partial charge in [0.2, 0.25) is 10.0 Å². The third-order valence-corrected chi connectivity index (χ3v) is 5.67. The van der Waals surface area contributed by atoms with Crippen LogP contribution in [0.5, 0.6) is 0 Å². The van der Waals surface area contributed by atoms with Crippen LogP contribution >= 0.6 is 0 Å². The monoisotopic (exact) mass is 274 g/mol.